The van der Waals surface area contributed by atoms with Crippen molar-refractivity contribution < 1.29 is 4.74 Å². The second-order valence-electron chi connectivity index (χ2n) is 6.06. The van der Waals surface area contributed by atoms with Gasteiger partial charge in [-0.1, -0.05) is 45.0 Å². The van der Waals surface area contributed by atoms with E-state index in [4.69, 9.17) is 4.74 Å². The highest BCUT2D eigenvalue weighted by Gasteiger charge is 2.12. The molecule has 110 valence electrons. The number of hydrogen-bond donors (Lipinski definition) is 0. The van der Waals surface area contributed by atoms with Crippen molar-refractivity contribution in [2.45, 2.75) is 33.1 Å². The molecule has 21 heavy (non-hydrogen) atoms. The molecule has 0 aromatic heterocycles. The lowest BCUT2D eigenvalue weighted by Gasteiger charge is -2.18. The average molecular weight is 281 g/mol. The van der Waals surface area contributed by atoms with Gasteiger partial charge in [0.1, 0.15) is 5.75 Å². The molecule has 2 aromatic carbocycles. The maximum Gasteiger partial charge on any atom is 0.119 e. The van der Waals surface area contributed by atoms with Gasteiger partial charge in [0.2, 0.25) is 0 Å². The van der Waals surface area contributed by atoms with Gasteiger partial charge in [0.15, 0.2) is 0 Å². The number of ether oxygens (including phenoxy) is 1. The van der Waals surface area contributed by atoms with Crippen LogP contribution in [0.4, 0.5) is 5.69 Å². The van der Waals surface area contributed by atoms with Crippen LogP contribution in [-0.2, 0) is 5.41 Å². The average Bonchev–Trinajstić information content (AvgIpc) is 2.46. The predicted molar refractivity (Wildman–Crippen MR) is 90.0 cm³/mol. The Morgan fingerprint density at radius 1 is 0.952 bits per heavy atom. The van der Waals surface area contributed by atoms with Crippen molar-refractivity contribution in [1.82, 2.24) is 0 Å². The fraction of sp³-hybridized carbons (Fsp3) is 0.316. The molecule has 0 aliphatic rings. The second kappa shape index (κ2) is 6.57. The highest BCUT2D eigenvalue weighted by atomic mass is 16.5. The topological polar surface area (TPSA) is 21.6 Å². The van der Waals surface area contributed by atoms with Crippen LogP contribution in [0.25, 0.3) is 0 Å². The Morgan fingerprint density at radius 3 is 2.10 bits per heavy atom. The standard InChI is InChI=1S/C19H23NO/c1-5-21-18-12-10-17(11-13-18)20-14-15-6-8-16(9-7-15)19(2,3)4/h6-14H,5H2,1-4H3. The van der Waals surface area contributed by atoms with Crippen molar-refractivity contribution in [2.24, 2.45) is 4.99 Å². The molecule has 2 aromatic rings. The summed E-state index contributed by atoms with van der Waals surface area (Å²) in [6.45, 7) is 9.32. The largest absolute Gasteiger partial charge is 0.494 e. The van der Waals surface area contributed by atoms with Gasteiger partial charge in [-0.15, -0.1) is 0 Å². The van der Waals surface area contributed by atoms with E-state index in [9.17, 15) is 0 Å². The maximum atomic E-state index is 5.42. The number of hydrogen-bond acceptors (Lipinski definition) is 2. The number of benzene rings is 2. The van der Waals surface area contributed by atoms with Crippen LogP contribution >= 0.6 is 0 Å². The van der Waals surface area contributed by atoms with E-state index in [1.807, 2.05) is 37.4 Å². The van der Waals surface area contributed by atoms with E-state index in [0.29, 0.717) is 6.61 Å². The van der Waals surface area contributed by atoms with Crippen LogP contribution in [0, 0.1) is 0 Å². The zero-order valence-electron chi connectivity index (χ0n) is 13.3. The molecular weight excluding hydrogens is 258 g/mol. The summed E-state index contributed by atoms with van der Waals surface area (Å²) in [5, 5.41) is 0. The molecule has 0 heterocycles. The molecule has 0 fully saturated rings. The fourth-order valence-corrected chi connectivity index (χ4v) is 2.01. The van der Waals surface area contributed by atoms with Gasteiger partial charge in [-0.3, -0.25) is 4.99 Å². The zero-order chi connectivity index (χ0) is 15.3. The second-order valence-corrected chi connectivity index (χ2v) is 6.06. The molecule has 2 nitrogen and oxygen atoms in total. The predicted octanol–water partition coefficient (Wildman–Crippen LogP) is 5.13. The minimum absolute atomic E-state index is 0.185. The summed E-state index contributed by atoms with van der Waals surface area (Å²) < 4.78 is 5.42. The monoisotopic (exact) mass is 281 g/mol. The Hall–Kier alpha value is -2.09. The van der Waals surface area contributed by atoms with Crippen LogP contribution in [0.1, 0.15) is 38.8 Å². The normalized spacial score (nSPS) is 11.8. The SMILES string of the molecule is CCOc1ccc(N=Cc2ccc(C(C)(C)C)cc2)cc1. The van der Waals surface area contributed by atoms with Crippen LogP contribution in [0.3, 0.4) is 0 Å². The summed E-state index contributed by atoms with van der Waals surface area (Å²) in [4.78, 5) is 4.49. The van der Waals surface area contributed by atoms with E-state index in [0.717, 1.165) is 17.0 Å². The molecule has 0 saturated heterocycles. The first-order valence-electron chi connectivity index (χ1n) is 7.36. The molecule has 0 unspecified atom stereocenters. The van der Waals surface area contributed by atoms with Crippen LogP contribution < -0.4 is 4.74 Å². The van der Waals surface area contributed by atoms with Crippen LogP contribution in [-0.4, -0.2) is 12.8 Å². The smallest absolute Gasteiger partial charge is 0.119 e. The van der Waals surface area contributed by atoms with Crippen molar-refractivity contribution in [3.8, 4) is 5.75 Å². The van der Waals surface area contributed by atoms with Crippen molar-refractivity contribution >= 4 is 11.9 Å². The third-order valence-corrected chi connectivity index (χ3v) is 3.29. The summed E-state index contributed by atoms with van der Waals surface area (Å²) in [5.41, 5.74) is 3.56. The van der Waals surface area contributed by atoms with Gasteiger partial charge in [-0.05, 0) is 47.7 Å². The van der Waals surface area contributed by atoms with Gasteiger partial charge in [-0.25, -0.2) is 0 Å². The first-order valence-corrected chi connectivity index (χ1v) is 7.36. The van der Waals surface area contributed by atoms with Crippen LogP contribution in [0.15, 0.2) is 53.5 Å². The Labute approximate surface area is 127 Å². The van der Waals surface area contributed by atoms with Crippen LogP contribution in [0.2, 0.25) is 0 Å². The van der Waals surface area contributed by atoms with E-state index >= 15 is 0 Å². The third-order valence-electron chi connectivity index (χ3n) is 3.29. The van der Waals surface area contributed by atoms with E-state index in [-0.39, 0.29) is 5.41 Å². The van der Waals surface area contributed by atoms with Crippen molar-refractivity contribution in [3.05, 3.63) is 59.7 Å². The Balaban J connectivity index is 2.07. The van der Waals surface area contributed by atoms with Crippen molar-refractivity contribution in [1.29, 1.82) is 0 Å². The molecule has 0 radical (unpaired) electrons. The molecule has 2 heteroatoms. The summed E-state index contributed by atoms with van der Waals surface area (Å²) in [6.07, 6.45) is 1.89. The Bertz CT molecular complexity index is 589. The number of nitrogens with zero attached hydrogens (tertiary/aromatic N) is 1. The quantitative estimate of drug-likeness (QED) is 0.712. The zero-order valence-corrected chi connectivity index (χ0v) is 13.3. The van der Waals surface area contributed by atoms with E-state index in [1.54, 1.807) is 0 Å². The third kappa shape index (κ3) is 4.45. The first-order chi connectivity index (χ1) is 9.99. The molecule has 2 rings (SSSR count). The van der Waals surface area contributed by atoms with E-state index in [1.165, 1.54) is 5.56 Å². The summed E-state index contributed by atoms with van der Waals surface area (Å²) >= 11 is 0. The highest BCUT2D eigenvalue weighted by Crippen LogP contribution is 2.22. The molecule has 0 N–H and O–H groups in total. The lowest BCUT2D eigenvalue weighted by molar-refractivity contribution is 0.340. The molecule has 0 bridgehead atoms. The summed E-state index contributed by atoms with van der Waals surface area (Å²) in [7, 11) is 0. The summed E-state index contributed by atoms with van der Waals surface area (Å²) in [5.74, 6) is 0.881. The van der Waals surface area contributed by atoms with E-state index < -0.39 is 0 Å². The minimum atomic E-state index is 0.185. The molecule has 0 aliphatic carbocycles. The van der Waals surface area contributed by atoms with Crippen LogP contribution in [0.5, 0.6) is 5.75 Å². The van der Waals surface area contributed by atoms with Crippen molar-refractivity contribution in [3.63, 3.8) is 0 Å². The molecule has 0 amide bonds. The summed E-state index contributed by atoms with van der Waals surface area (Å²) in [6, 6.07) is 16.4. The lowest BCUT2D eigenvalue weighted by atomic mass is 9.87. The van der Waals surface area contributed by atoms with Gasteiger partial charge in [-0.2, -0.15) is 0 Å². The maximum absolute atomic E-state index is 5.42. The van der Waals surface area contributed by atoms with E-state index in [2.05, 4.69) is 50.0 Å². The van der Waals surface area contributed by atoms with Crippen molar-refractivity contribution in [2.75, 3.05) is 6.61 Å². The van der Waals surface area contributed by atoms with Gasteiger partial charge in [0, 0.05) is 6.21 Å². The molecule has 0 saturated carbocycles. The minimum Gasteiger partial charge on any atom is -0.494 e. The van der Waals surface area contributed by atoms with Gasteiger partial charge in [0.25, 0.3) is 0 Å². The Kier molecular flexibility index (Phi) is 4.79. The molecule has 0 aliphatic heterocycles. The number of rotatable bonds is 4. The molecule has 0 atom stereocenters. The molecule has 0 spiro atoms. The fourth-order valence-electron chi connectivity index (χ4n) is 2.01. The van der Waals surface area contributed by atoms with Gasteiger partial charge < -0.3 is 4.74 Å². The first kappa shape index (κ1) is 15.3. The molecular formula is C19H23NO. The number of aliphatic imine (C=N–C) groups is 1. The highest BCUT2D eigenvalue weighted by molar-refractivity contribution is 5.82. The van der Waals surface area contributed by atoms with Gasteiger partial charge >= 0.3 is 0 Å². The lowest BCUT2D eigenvalue weighted by Crippen LogP contribution is -2.10. The Morgan fingerprint density at radius 2 is 1.57 bits per heavy atom. The van der Waals surface area contributed by atoms with Gasteiger partial charge in [0.05, 0.1) is 12.3 Å².